The number of hydrogen-bond acceptors (Lipinski definition) is 2. The van der Waals surface area contributed by atoms with Gasteiger partial charge in [-0.05, 0) is 35.9 Å². The van der Waals surface area contributed by atoms with E-state index in [1.54, 1.807) is 12.1 Å². The molecule has 1 unspecified atom stereocenters. The number of H-pyrrole nitrogens is 1. The van der Waals surface area contributed by atoms with E-state index in [9.17, 15) is 9.18 Å². The molecule has 0 saturated heterocycles. The summed E-state index contributed by atoms with van der Waals surface area (Å²) in [5.41, 5.74) is 4.73. The summed E-state index contributed by atoms with van der Waals surface area (Å²) < 4.78 is 13.4. The molecule has 0 radical (unpaired) electrons. The summed E-state index contributed by atoms with van der Waals surface area (Å²) in [5, 5.41) is 2.94. The number of fused-ring (bicyclic) bond motifs is 1. The van der Waals surface area contributed by atoms with E-state index in [0.29, 0.717) is 17.2 Å². The monoisotopic (exact) mass is 369 g/mol. The van der Waals surface area contributed by atoms with E-state index >= 15 is 0 Å². The SMILES string of the molecule is O=C1Nc2ccccc2C1c1[nH]c(-c2ccccc2)nc1-c1ccc(F)cc1. The van der Waals surface area contributed by atoms with Crippen LogP contribution >= 0.6 is 0 Å². The summed E-state index contributed by atoms with van der Waals surface area (Å²) in [4.78, 5) is 20.9. The Kier molecular flexibility index (Phi) is 3.79. The van der Waals surface area contributed by atoms with Crippen LogP contribution in [0.15, 0.2) is 78.9 Å². The molecule has 2 heterocycles. The van der Waals surface area contributed by atoms with Crippen LogP contribution in [0.3, 0.4) is 0 Å². The smallest absolute Gasteiger partial charge is 0.238 e. The normalized spacial score (nSPS) is 15.3. The topological polar surface area (TPSA) is 57.8 Å². The molecule has 0 spiro atoms. The zero-order valence-corrected chi connectivity index (χ0v) is 14.8. The number of rotatable bonds is 3. The fourth-order valence-electron chi connectivity index (χ4n) is 3.65. The number of hydrogen-bond donors (Lipinski definition) is 2. The summed E-state index contributed by atoms with van der Waals surface area (Å²) in [7, 11) is 0. The van der Waals surface area contributed by atoms with Gasteiger partial charge in [-0.3, -0.25) is 4.79 Å². The fraction of sp³-hybridized carbons (Fsp3) is 0.0435. The average molecular weight is 369 g/mol. The molecule has 1 aliphatic rings. The third-order valence-electron chi connectivity index (χ3n) is 4.98. The number of imidazole rings is 1. The molecule has 1 aromatic heterocycles. The lowest BCUT2D eigenvalue weighted by Gasteiger charge is -2.09. The number of amides is 1. The molecule has 2 N–H and O–H groups in total. The van der Waals surface area contributed by atoms with E-state index in [4.69, 9.17) is 4.98 Å². The number of aromatic amines is 1. The molecule has 1 atom stereocenters. The summed E-state index contributed by atoms with van der Waals surface area (Å²) >= 11 is 0. The van der Waals surface area contributed by atoms with Gasteiger partial charge in [0.25, 0.3) is 0 Å². The molecule has 0 saturated carbocycles. The molecule has 4 nitrogen and oxygen atoms in total. The van der Waals surface area contributed by atoms with Gasteiger partial charge >= 0.3 is 0 Å². The minimum Gasteiger partial charge on any atom is -0.340 e. The Labute approximate surface area is 161 Å². The predicted octanol–water partition coefficient (Wildman–Crippen LogP) is 4.97. The summed E-state index contributed by atoms with van der Waals surface area (Å²) in [6.45, 7) is 0. The largest absolute Gasteiger partial charge is 0.340 e. The first-order valence-electron chi connectivity index (χ1n) is 9.02. The minimum atomic E-state index is -0.499. The number of carbonyl (C=O) groups excluding carboxylic acids is 1. The molecule has 0 fully saturated rings. The van der Waals surface area contributed by atoms with E-state index in [2.05, 4.69) is 10.3 Å². The fourth-order valence-corrected chi connectivity index (χ4v) is 3.65. The van der Waals surface area contributed by atoms with Crippen molar-refractivity contribution in [3.8, 4) is 22.6 Å². The van der Waals surface area contributed by atoms with Crippen LogP contribution in [-0.4, -0.2) is 15.9 Å². The second-order valence-electron chi connectivity index (χ2n) is 6.73. The summed E-state index contributed by atoms with van der Waals surface area (Å²) in [5.74, 6) is -0.241. The Bertz CT molecular complexity index is 1170. The van der Waals surface area contributed by atoms with Crippen molar-refractivity contribution in [1.29, 1.82) is 0 Å². The lowest BCUT2D eigenvalue weighted by atomic mass is 9.94. The van der Waals surface area contributed by atoms with Crippen LogP contribution in [0, 0.1) is 5.82 Å². The van der Waals surface area contributed by atoms with Crippen molar-refractivity contribution in [2.45, 2.75) is 5.92 Å². The van der Waals surface area contributed by atoms with E-state index in [1.807, 2.05) is 54.6 Å². The second kappa shape index (κ2) is 6.46. The van der Waals surface area contributed by atoms with Crippen molar-refractivity contribution in [1.82, 2.24) is 9.97 Å². The molecule has 1 aliphatic heterocycles. The minimum absolute atomic E-state index is 0.104. The standard InChI is InChI=1S/C23H16FN3O/c24-16-12-10-14(11-13-16)20-21(27-22(26-20)15-6-2-1-3-7-15)19-17-8-4-5-9-18(17)25-23(19)28/h1-13,19H,(H,25,28)(H,26,27). The van der Waals surface area contributed by atoms with Crippen molar-refractivity contribution >= 4 is 11.6 Å². The molecule has 4 aromatic rings. The van der Waals surface area contributed by atoms with Gasteiger partial charge in [0.1, 0.15) is 17.6 Å². The van der Waals surface area contributed by atoms with Gasteiger partial charge in [-0.15, -0.1) is 0 Å². The first kappa shape index (κ1) is 16.4. The number of benzene rings is 3. The van der Waals surface area contributed by atoms with Gasteiger partial charge in [0.15, 0.2) is 0 Å². The van der Waals surface area contributed by atoms with E-state index < -0.39 is 5.92 Å². The Hall–Kier alpha value is -3.73. The van der Waals surface area contributed by atoms with E-state index in [1.165, 1.54) is 12.1 Å². The number of halogens is 1. The van der Waals surface area contributed by atoms with Gasteiger partial charge in [-0.1, -0.05) is 48.5 Å². The maximum absolute atomic E-state index is 13.4. The van der Waals surface area contributed by atoms with Crippen LogP contribution in [-0.2, 0) is 4.79 Å². The van der Waals surface area contributed by atoms with Crippen LogP contribution in [0.2, 0.25) is 0 Å². The van der Waals surface area contributed by atoms with Crippen LogP contribution in [0.25, 0.3) is 22.6 Å². The second-order valence-corrected chi connectivity index (χ2v) is 6.73. The van der Waals surface area contributed by atoms with Crippen molar-refractivity contribution in [3.63, 3.8) is 0 Å². The van der Waals surface area contributed by atoms with Crippen molar-refractivity contribution < 1.29 is 9.18 Å². The average Bonchev–Trinajstić information content (AvgIpc) is 3.29. The van der Waals surface area contributed by atoms with E-state index in [0.717, 1.165) is 22.4 Å². The summed E-state index contributed by atoms with van der Waals surface area (Å²) in [6.07, 6.45) is 0. The number of carbonyl (C=O) groups is 1. The lowest BCUT2D eigenvalue weighted by Crippen LogP contribution is -2.14. The Morgan fingerprint density at radius 3 is 2.32 bits per heavy atom. The van der Waals surface area contributed by atoms with Crippen LogP contribution in [0.1, 0.15) is 17.2 Å². The van der Waals surface area contributed by atoms with Crippen molar-refractivity contribution in [3.05, 3.63) is 95.9 Å². The van der Waals surface area contributed by atoms with Crippen molar-refractivity contribution in [2.75, 3.05) is 5.32 Å². The molecule has 5 heteroatoms. The molecule has 1 amide bonds. The number of para-hydroxylation sites is 1. The quantitative estimate of drug-likeness (QED) is 0.536. The van der Waals surface area contributed by atoms with Crippen LogP contribution in [0.5, 0.6) is 0 Å². The number of aromatic nitrogens is 2. The number of nitrogens with one attached hydrogen (secondary N) is 2. The Balaban J connectivity index is 1.71. The summed E-state index contributed by atoms with van der Waals surface area (Å²) in [6, 6.07) is 23.5. The molecule has 28 heavy (non-hydrogen) atoms. The third-order valence-corrected chi connectivity index (χ3v) is 4.98. The first-order chi connectivity index (χ1) is 13.7. The number of anilines is 1. The Morgan fingerprint density at radius 1 is 0.821 bits per heavy atom. The molecule has 5 rings (SSSR count). The zero-order chi connectivity index (χ0) is 19.1. The highest BCUT2D eigenvalue weighted by Crippen LogP contribution is 2.40. The molecular weight excluding hydrogens is 353 g/mol. The number of nitrogens with zero attached hydrogens (tertiary/aromatic N) is 1. The maximum Gasteiger partial charge on any atom is 0.238 e. The molecular formula is C23H16FN3O. The molecule has 136 valence electrons. The van der Waals surface area contributed by atoms with Crippen LogP contribution < -0.4 is 5.32 Å². The van der Waals surface area contributed by atoms with Gasteiger partial charge in [-0.25, -0.2) is 9.37 Å². The van der Waals surface area contributed by atoms with Gasteiger partial charge < -0.3 is 10.3 Å². The van der Waals surface area contributed by atoms with Gasteiger partial charge in [0, 0.05) is 16.8 Å². The third kappa shape index (κ3) is 2.68. The molecule has 0 aliphatic carbocycles. The molecule has 0 bridgehead atoms. The van der Waals surface area contributed by atoms with Crippen LogP contribution in [0.4, 0.5) is 10.1 Å². The van der Waals surface area contributed by atoms with Gasteiger partial charge in [0.2, 0.25) is 5.91 Å². The van der Waals surface area contributed by atoms with Crippen molar-refractivity contribution in [2.24, 2.45) is 0 Å². The zero-order valence-electron chi connectivity index (χ0n) is 14.8. The predicted molar refractivity (Wildman–Crippen MR) is 106 cm³/mol. The highest BCUT2D eigenvalue weighted by atomic mass is 19.1. The van der Waals surface area contributed by atoms with Gasteiger partial charge in [-0.2, -0.15) is 0 Å². The first-order valence-corrected chi connectivity index (χ1v) is 9.02. The van der Waals surface area contributed by atoms with Gasteiger partial charge in [0.05, 0.1) is 11.4 Å². The molecule has 3 aromatic carbocycles. The highest BCUT2D eigenvalue weighted by Gasteiger charge is 2.35. The van der Waals surface area contributed by atoms with E-state index in [-0.39, 0.29) is 11.7 Å². The highest BCUT2D eigenvalue weighted by molar-refractivity contribution is 6.05. The lowest BCUT2D eigenvalue weighted by molar-refractivity contribution is -0.116. The maximum atomic E-state index is 13.4. The Morgan fingerprint density at radius 2 is 1.54 bits per heavy atom.